The normalized spacial score (nSPS) is 15.0. The minimum atomic E-state index is -5.07. The van der Waals surface area contributed by atoms with Crippen molar-refractivity contribution in [2.24, 2.45) is 0 Å². The highest BCUT2D eigenvalue weighted by Crippen LogP contribution is 2.44. The van der Waals surface area contributed by atoms with Gasteiger partial charge in [-0.3, -0.25) is 4.98 Å². The van der Waals surface area contributed by atoms with E-state index in [4.69, 9.17) is 0 Å². The van der Waals surface area contributed by atoms with Gasteiger partial charge in [-0.1, -0.05) is 24.3 Å². The van der Waals surface area contributed by atoms with Crippen molar-refractivity contribution in [2.75, 3.05) is 0 Å². The second kappa shape index (κ2) is 4.62. The summed E-state index contributed by atoms with van der Waals surface area (Å²) >= 11 is 0. The predicted octanol–water partition coefficient (Wildman–Crippen LogP) is 3.02. The quantitative estimate of drug-likeness (QED) is 0.852. The third-order valence-corrected chi connectivity index (χ3v) is 2.75. The van der Waals surface area contributed by atoms with Crippen molar-refractivity contribution in [2.45, 2.75) is 11.8 Å². The molecule has 0 fully saturated rings. The van der Waals surface area contributed by atoms with Gasteiger partial charge in [0.1, 0.15) is 5.82 Å². The molecule has 1 aromatic carbocycles. The molecule has 2 rings (SSSR count). The largest absolute Gasteiger partial charge is 0.425 e. The van der Waals surface area contributed by atoms with E-state index in [9.17, 15) is 22.7 Å². The van der Waals surface area contributed by atoms with Gasteiger partial charge < -0.3 is 5.11 Å². The Balaban J connectivity index is 2.71. The zero-order valence-electron chi connectivity index (χ0n) is 9.53. The number of hydrogen-bond acceptors (Lipinski definition) is 2. The lowest BCUT2D eigenvalue weighted by atomic mass is 9.86. The summed E-state index contributed by atoms with van der Waals surface area (Å²) < 4.78 is 53.3. The van der Waals surface area contributed by atoms with Gasteiger partial charge >= 0.3 is 6.18 Å². The fourth-order valence-electron chi connectivity index (χ4n) is 1.80. The van der Waals surface area contributed by atoms with Crippen LogP contribution in [0.1, 0.15) is 11.1 Å². The van der Waals surface area contributed by atoms with Gasteiger partial charge in [0.2, 0.25) is 5.60 Å². The molecule has 0 aliphatic heterocycles. The maximum Gasteiger partial charge on any atom is 0.425 e. The monoisotopic (exact) mass is 271 g/mol. The van der Waals surface area contributed by atoms with Crippen LogP contribution in [0.3, 0.4) is 0 Å². The van der Waals surface area contributed by atoms with E-state index in [1.54, 1.807) is 0 Å². The van der Waals surface area contributed by atoms with Crippen molar-refractivity contribution >= 4 is 0 Å². The number of aliphatic hydroxyl groups is 1. The van der Waals surface area contributed by atoms with Gasteiger partial charge in [-0.05, 0) is 12.1 Å². The van der Waals surface area contributed by atoms with Gasteiger partial charge in [0, 0.05) is 23.5 Å². The number of alkyl halides is 3. The molecule has 1 atom stereocenters. The molecule has 19 heavy (non-hydrogen) atoms. The summed E-state index contributed by atoms with van der Waals surface area (Å²) in [6.07, 6.45) is -2.94. The minimum absolute atomic E-state index is 0.535. The average Bonchev–Trinajstić information content (AvgIpc) is 2.38. The topological polar surface area (TPSA) is 33.1 Å². The fourth-order valence-corrected chi connectivity index (χ4v) is 1.80. The summed E-state index contributed by atoms with van der Waals surface area (Å²) in [5.41, 5.74) is -4.81. The highest BCUT2D eigenvalue weighted by molar-refractivity contribution is 5.37. The van der Waals surface area contributed by atoms with Crippen molar-refractivity contribution in [3.05, 3.63) is 65.7 Å². The second-order valence-electron chi connectivity index (χ2n) is 3.93. The molecule has 0 aliphatic rings. The Morgan fingerprint density at radius 3 is 2.21 bits per heavy atom. The smallest absolute Gasteiger partial charge is 0.372 e. The van der Waals surface area contributed by atoms with Gasteiger partial charge in [0.05, 0.1) is 0 Å². The molecule has 100 valence electrons. The minimum Gasteiger partial charge on any atom is -0.372 e. The van der Waals surface area contributed by atoms with Gasteiger partial charge in [-0.15, -0.1) is 0 Å². The summed E-state index contributed by atoms with van der Waals surface area (Å²) in [6, 6.07) is 6.53. The lowest BCUT2D eigenvalue weighted by Crippen LogP contribution is -2.44. The molecule has 6 heteroatoms. The average molecular weight is 271 g/mol. The van der Waals surface area contributed by atoms with Crippen molar-refractivity contribution in [3.63, 3.8) is 0 Å². The molecule has 0 bridgehead atoms. The third kappa shape index (κ3) is 2.19. The lowest BCUT2D eigenvalue weighted by molar-refractivity contribution is -0.249. The lowest BCUT2D eigenvalue weighted by Gasteiger charge is -2.31. The van der Waals surface area contributed by atoms with E-state index in [1.165, 1.54) is 24.4 Å². The third-order valence-electron chi connectivity index (χ3n) is 2.75. The van der Waals surface area contributed by atoms with Gasteiger partial charge in [0.25, 0.3) is 0 Å². The summed E-state index contributed by atoms with van der Waals surface area (Å²) in [5, 5.41) is 10.1. The second-order valence-corrected chi connectivity index (χ2v) is 3.93. The highest BCUT2D eigenvalue weighted by atomic mass is 19.4. The van der Waals surface area contributed by atoms with Crippen LogP contribution in [-0.2, 0) is 5.60 Å². The van der Waals surface area contributed by atoms with Crippen LogP contribution in [0.15, 0.2) is 48.8 Å². The van der Waals surface area contributed by atoms with Crippen LogP contribution in [0, 0.1) is 5.82 Å². The van der Waals surface area contributed by atoms with Crippen LogP contribution in [-0.4, -0.2) is 16.3 Å². The molecule has 0 radical (unpaired) electrons. The molecule has 1 aromatic heterocycles. The van der Waals surface area contributed by atoms with Gasteiger partial charge in [0.15, 0.2) is 0 Å². The number of halogens is 4. The first-order valence-electron chi connectivity index (χ1n) is 5.32. The number of hydrogen-bond donors (Lipinski definition) is 1. The van der Waals surface area contributed by atoms with E-state index in [-0.39, 0.29) is 0 Å². The van der Waals surface area contributed by atoms with Crippen molar-refractivity contribution in [1.29, 1.82) is 0 Å². The SMILES string of the molecule is OC(c1cccnc1)(c1ccccc1F)C(F)(F)F. The molecule has 1 heterocycles. The maximum absolute atomic E-state index is 13.6. The Hall–Kier alpha value is -1.95. The summed E-state index contributed by atoms with van der Waals surface area (Å²) in [7, 11) is 0. The van der Waals surface area contributed by atoms with Crippen molar-refractivity contribution in [3.8, 4) is 0 Å². The maximum atomic E-state index is 13.6. The number of aromatic nitrogens is 1. The van der Waals surface area contributed by atoms with E-state index < -0.39 is 28.7 Å². The van der Waals surface area contributed by atoms with E-state index in [0.29, 0.717) is 0 Å². The zero-order valence-corrected chi connectivity index (χ0v) is 9.53. The molecular weight excluding hydrogens is 262 g/mol. The first-order valence-corrected chi connectivity index (χ1v) is 5.32. The number of benzene rings is 1. The Morgan fingerprint density at radius 1 is 1.00 bits per heavy atom. The van der Waals surface area contributed by atoms with Crippen LogP contribution in [0.2, 0.25) is 0 Å². The molecule has 0 aliphatic carbocycles. The zero-order chi connectivity index (χ0) is 14.1. The Bertz CT molecular complexity index is 570. The Kier molecular flexibility index (Phi) is 3.28. The van der Waals surface area contributed by atoms with Crippen LogP contribution < -0.4 is 0 Å². The van der Waals surface area contributed by atoms with Gasteiger partial charge in [-0.2, -0.15) is 13.2 Å². The Labute approximate surface area is 106 Å². The van der Waals surface area contributed by atoms with Crippen LogP contribution in [0.4, 0.5) is 17.6 Å². The first kappa shape index (κ1) is 13.5. The fraction of sp³-hybridized carbons (Fsp3) is 0.154. The van der Waals surface area contributed by atoms with E-state index in [1.807, 2.05) is 0 Å². The Morgan fingerprint density at radius 2 is 1.68 bits per heavy atom. The number of nitrogens with zero attached hydrogens (tertiary/aromatic N) is 1. The summed E-state index contributed by atoms with van der Waals surface area (Å²) in [4.78, 5) is 3.54. The molecule has 0 saturated heterocycles. The van der Waals surface area contributed by atoms with Crippen molar-refractivity contribution in [1.82, 2.24) is 4.98 Å². The number of pyridine rings is 1. The van der Waals surface area contributed by atoms with Crippen LogP contribution in [0.5, 0.6) is 0 Å². The van der Waals surface area contributed by atoms with Crippen LogP contribution >= 0.6 is 0 Å². The van der Waals surface area contributed by atoms with E-state index in [0.717, 1.165) is 24.4 Å². The van der Waals surface area contributed by atoms with E-state index in [2.05, 4.69) is 4.98 Å². The molecule has 1 unspecified atom stereocenters. The summed E-state index contributed by atoms with van der Waals surface area (Å²) in [5.74, 6) is -1.13. The predicted molar refractivity (Wildman–Crippen MR) is 59.7 cm³/mol. The molecule has 2 nitrogen and oxygen atoms in total. The molecule has 1 N–H and O–H groups in total. The first-order chi connectivity index (χ1) is 8.87. The van der Waals surface area contributed by atoms with Gasteiger partial charge in [-0.25, -0.2) is 4.39 Å². The molecular formula is C13H9F4NO. The molecule has 0 amide bonds. The van der Waals surface area contributed by atoms with Crippen molar-refractivity contribution < 1.29 is 22.7 Å². The number of rotatable bonds is 2. The molecule has 2 aromatic rings. The summed E-state index contributed by atoms with van der Waals surface area (Å²) in [6.45, 7) is 0. The molecule has 0 saturated carbocycles. The molecule has 0 spiro atoms. The van der Waals surface area contributed by atoms with E-state index >= 15 is 0 Å². The highest BCUT2D eigenvalue weighted by Gasteiger charge is 2.57. The van der Waals surface area contributed by atoms with Crippen LogP contribution in [0.25, 0.3) is 0 Å². The standard InChI is InChI=1S/C13H9F4NO/c14-11-6-2-1-5-10(11)12(19,13(15,16)17)9-4-3-7-18-8-9/h1-8,19H.